The number of nitrogens with two attached hydrogens (primary N) is 1. The van der Waals surface area contributed by atoms with Crippen molar-refractivity contribution in [2.24, 2.45) is 5.84 Å². The van der Waals surface area contributed by atoms with Crippen molar-refractivity contribution in [3.63, 3.8) is 0 Å². The van der Waals surface area contributed by atoms with Crippen molar-refractivity contribution < 1.29 is 0 Å². The van der Waals surface area contributed by atoms with Crippen molar-refractivity contribution in [3.8, 4) is 0 Å². The molecule has 0 fully saturated rings. The predicted molar refractivity (Wildman–Crippen MR) is 61.5 cm³/mol. The molecule has 13 heavy (non-hydrogen) atoms. The molecule has 0 saturated carbocycles. The number of hydrazine groups is 1. The van der Waals surface area contributed by atoms with E-state index in [0.717, 1.165) is 12.2 Å². The Labute approximate surface area is 90.2 Å². The van der Waals surface area contributed by atoms with E-state index in [1.807, 2.05) is 18.2 Å². The lowest BCUT2D eigenvalue weighted by atomic mass is 10.1. The fourth-order valence-electron chi connectivity index (χ4n) is 1.28. The number of rotatable bonds is 0. The normalized spacial score (nSPS) is 12.5. The lowest BCUT2D eigenvalue weighted by molar-refractivity contribution is 0.931. The van der Waals surface area contributed by atoms with Gasteiger partial charge in [-0.1, -0.05) is 30.4 Å². The van der Waals surface area contributed by atoms with Crippen LogP contribution in [0.4, 0.5) is 5.69 Å². The van der Waals surface area contributed by atoms with E-state index >= 15 is 0 Å². The zero-order valence-electron chi connectivity index (χ0n) is 7.01. The second-order valence-corrected chi connectivity index (χ2v) is 2.61. The van der Waals surface area contributed by atoms with Gasteiger partial charge in [-0.2, -0.15) is 0 Å². The van der Waals surface area contributed by atoms with Crippen molar-refractivity contribution in [3.05, 3.63) is 35.9 Å². The quantitative estimate of drug-likeness (QED) is 0.678. The van der Waals surface area contributed by atoms with E-state index in [2.05, 4.69) is 18.2 Å². The highest BCUT2D eigenvalue weighted by Crippen LogP contribution is 2.22. The minimum Gasteiger partial charge on any atom is -0.307 e. The van der Waals surface area contributed by atoms with Crippen LogP contribution in [0.15, 0.2) is 30.3 Å². The van der Waals surface area contributed by atoms with Crippen LogP contribution in [0.1, 0.15) is 5.56 Å². The first-order valence-corrected chi connectivity index (χ1v) is 3.66. The van der Waals surface area contributed by atoms with Crippen LogP contribution in [0.3, 0.4) is 0 Å². The molecule has 0 atom stereocenters. The number of benzene rings is 1. The molecule has 0 aliphatic carbocycles. The molecule has 0 bridgehead atoms. The number of anilines is 1. The molecule has 1 heterocycles. The molecule has 1 aromatic rings. The van der Waals surface area contributed by atoms with Gasteiger partial charge in [-0.3, -0.25) is 0 Å². The van der Waals surface area contributed by atoms with E-state index < -0.39 is 0 Å². The molecule has 2 nitrogen and oxygen atoms in total. The highest BCUT2D eigenvalue weighted by molar-refractivity contribution is 5.85. The monoisotopic (exact) mass is 218 g/mol. The summed E-state index contributed by atoms with van der Waals surface area (Å²) < 4.78 is 0. The predicted octanol–water partition coefficient (Wildman–Crippen LogP) is 2.24. The number of para-hydroxylation sites is 1. The van der Waals surface area contributed by atoms with Gasteiger partial charge in [0.05, 0.1) is 12.2 Å². The fourth-order valence-corrected chi connectivity index (χ4v) is 1.28. The summed E-state index contributed by atoms with van der Waals surface area (Å²) in [5, 5.41) is 1.75. The summed E-state index contributed by atoms with van der Waals surface area (Å²) in [7, 11) is 0. The summed E-state index contributed by atoms with van der Waals surface area (Å²) in [6.45, 7) is 0.803. The van der Waals surface area contributed by atoms with Crippen LogP contribution in [0.5, 0.6) is 0 Å². The number of hydrogen-bond donors (Lipinski definition) is 1. The van der Waals surface area contributed by atoms with Gasteiger partial charge < -0.3 is 5.01 Å². The topological polar surface area (TPSA) is 29.3 Å². The van der Waals surface area contributed by atoms with E-state index in [1.165, 1.54) is 5.56 Å². The van der Waals surface area contributed by atoms with Gasteiger partial charge in [-0.25, -0.2) is 5.84 Å². The number of fused-ring (bicyclic) bond motifs is 1. The Morgan fingerprint density at radius 3 is 2.54 bits per heavy atom. The molecular formula is C9H12Cl2N2. The summed E-state index contributed by atoms with van der Waals surface area (Å²) in [4.78, 5) is 0. The van der Waals surface area contributed by atoms with Gasteiger partial charge in [0.2, 0.25) is 0 Å². The smallest absolute Gasteiger partial charge is 0.0593 e. The molecule has 0 spiro atoms. The first-order chi connectivity index (χ1) is 5.38. The van der Waals surface area contributed by atoms with E-state index in [0.29, 0.717) is 0 Å². The fraction of sp³-hybridized carbons (Fsp3) is 0.111. The van der Waals surface area contributed by atoms with E-state index in [4.69, 9.17) is 5.84 Å². The molecule has 0 radical (unpaired) electrons. The van der Waals surface area contributed by atoms with Crippen molar-refractivity contribution in [2.45, 2.75) is 0 Å². The van der Waals surface area contributed by atoms with Crippen LogP contribution >= 0.6 is 24.8 Å². The van der Waals surface area contributed by atoms with Crippen LogP contribution in [-0.2, 0) is 0 Å². The van der Waals surface area contributed by atoms with Gasteiger partial charge in [0.1, 0.15) is 0 Å². The maximum absolute atomic E-state index is 5.73. The van der Waals surface area contributed by atoms with Crippen LogP contribution in [-0.4, -0.2) is 6.54 Å². The Kier molecular flexibility index (Phi) is 4.85. The van der Waals surface area contributed by atoms with Gasteiger partial charge in [-0.15, -0.1) is 24.8 Å². The second-order valence-electron chi connectivity index (χ2n) is 2.61. The summed E-state index contributed by atoms with van der Waals surface area (Å²) >= 11 is 0. The van der Waals surface area contributed by atoms with Gasteiger partial charge in [-0.05, 0) is 11.6 Å². The van der Waals surface area contributed by atoms with Crippen LogP contribution in [0.25, 0.3) is 6.08 Å². The van der Waals surface area contributed by atoms with Crippen LogP contribution in [0, 0.1) is 0 Å². The molecule has 0 unspecified atom stereocenters. The average molecular weight is 219 g/mol. The molecule has 1 aliphatic heterocycles. The molecule has 1 aliphatic rings. The Hall–Kier alpha value is -0.700. The highest BCUT2D eigenvalue weighted by Gasteiger charge is 2.06. The summed E-state index contributed by atoms with van der Waals surface area (Å²) in [6, 6.07) is 8.10. The van der Waals surface area contributed by atoms with Crippen molar-refractivity contribution in [1.82, 2.24) is 0 Å². The number of nitrogens with zero attached hydrogens (tertiary/aromatic N) is 1. The molecule has 4 heteroatoms. The largest absolute Gasteiger partial charge is 0.307 e. The molecule has 0 saturated heterocycles. The summed E-state index contributed by atoms with van der Waals surface area (Å²) in [5.74, 6) is 5.73. The molecule has 0 amide bonds. The second kappa shape index (κ2) is 5.12. The maximum atomic E-state index is 5.73. The van der Waals surface area contributed by atoms with Crippen LogP contribution in [0.2, 0.25) is 0 Å². The lowest BCUT2D eigenvalue weighted by Crippen LogP contribution is -2.32. The van der Waals surface area contributed by atoms with Crippen molar-refractivity contribution >= 4 is 36.6 Å². The first kappa shape index (κ1) is 12.3. The highest BCUT2D eigenvalue weighted by atomic mass is 35.5. The summed E-state index contributed by atoms with van der Waals surface area (Å²) in [5.41, 5.74) is 2.30. The van der Waals surface area contributed by atoms with Crippen LogP contribution < -0.4 is 10.9 Å². The van der Waals surface area contributed by atoms with Gasteiger partial charge >= 0.3 is 0 Å². The van der Waals surface area contributed by atoms with Gasteiger partial charge in [0.15, 0.2) is 0 Å². The Morgan fingerprint density at radius 2 is 1.85 bits per heavy atom. The zero-order valence-corrected chi connectivity index (χ0v) is 8.65. The van der Waals surface area contributed by atoms with E-state index in [-0.39, 0.29) is 24.8 Å². The van der Waals surface area contributed by atoms with Crippen molar-refractivity contribution in [2.75, 3.05) is 11.6 Å². The Balaban J connectivity index is 0.000000720. The lowest BCUT2D eigenvalue weighted by Gasteiger charge is -2.22. The Morgan fingerprint density at radius 1 is 1.15 bits per heavy atom. The molecule has 1 aromatic carbocycles. The summed E-state index contributed by atoms with van der Waals surface area (Å²) in [6.07, 6.45) is 4.15. The molecule has 0 aromatic heterocycles. The number of hydrogen-bond acceptors (Lipinski definition) is 2. The van der Waals surface area contributed by atoms with Gasteiger partial charge in [0, 0.05) is 0 Å². The SMILES string of the molecule is Cl.Cl.NN1CC=Cc2ccccc21. The van der Waals surface area contributed by atoms with Gasteiger partial charge in [0.25, 0.3) is 0 Å². The third kappa shape index (κ3) is 2.37. The maximum Gasteiger partial charge on any atom is 0.0593 e. The average Bonchev–Trinajstić information content (AvgIpc) is 2.06. The third-order valence-corrected chi connectivity index (χ3v) is 1.85. The first-order valence-electron chi connectivity index (χ1n) is 3.66. The minimum atomic E-state index is 0. The third-order valence-electron chi connectivity index (χ3n) is 1.85. The minimum absolute atomic E-state index is 0. The number of halogens is 2. The van der Waals surface area contributed by atoms with E-state index in [9.17, 15) is 0 Å². The van der Waals surface area contributed by atoms with Crippen molar-refractivity contribution in [1.29, 1.82) is 0 Å². The molecule has 2 rings (SSSR count). The Bertz CT molecular complexity index is 299. The molecular weight excluding hydrogens is 207 g/mol. The van der Waals surface area contributed by atoms with E-state index in [1.54, 1.807) is 5.01 Å². The standard InChI is InChI=1S/C9H10N2.2ClH/c10-11-7-3-5-8-4-1-2-6-9(8)11;;/h1-6H,7,10H2;2*1H. The zero-order chi connectivity index (χ0) is 7.68. The molecule has 2 N–H and O–H groups in total. The molecule has 72 valence electrons.